The summed E-state index contributed by atoms with van der Waals surface area (Å²) in [7, 11) is 0. The number of H-pyrrole nitrogens is 1. The lowest BCUT2D eigenvalue weighted by atomic mass is 10.2. The Balaban J connectivity index is 1.45. The molecule has 1 amide bonds. The number of hydrogen-bond donors (Lipinski definition) is 2. The van der Waals surface area contributed by atoms with Crippen LogP contribution in [0.15, 0.2) is 46.8 Å². The number of nitrogens with zero attached hydrogens (tertiary/aromatic N) is 2. The van der Waals surface area contributed by atoms with E-state index in [1.165, 1.54) is 22.2 Å². The number of amides is 1. The summed E-state index contributed by atoms with van der Waals surface area (Å²) in [4.78, 5) is 31.8. The molecule has 0 bridgehead atoms. The van der Waals surface area contributed by atoms with Crippen LogP contribution in [0.2, 0.25) is 5.02 Å². The Morgan fingerprint density at radius 2 is 2.20 bits per heavy atom. The van der Waals surface area contributed by atoms with Crippen molar-refractivity contribution in [2.24, 2.45) is 0 Å². The number of fused-ring (bicyclic) bond motifs is 2. The number of rotatable bonds is 4. The van der Waals surface area contributed by atoms with Gasteiger partial charge in [0, 0.05) is 29.0 Å². The molecule has 126 valence electrons. The quantitative estimate of drug-likeness (QED) is 0.578. The zero-order valence-electron chi connectivity index (χ0n) is 13.0. The zero-order chi connectivity index (χ0) is 17.4. The van der Waals surface area contributed by atoms with E-state index in [2.05, 4.69) is 15.3 Å². The monoisotopic (exact) mass is 372 g/mol. The van der Waals surface area contributed by atoms with Crippen LogP contribution in [0, 0.1) is 0 Å². The molecule has 3 heterocycles. The first-order valence-electron chi connectivity index (χ1n) is 7.61. The summed E-state index contributed by atoms with van der Waals surface area (Å²) in [6.45, 7) is 0.685. The van der Waals surface area contributed by atoms with Crippen LogP contribution in [0.1, 0.15) is 10.5 Å². The van der Waals surface area contributed by atoms with Gasteiger partial charge in [0.05, 0.1) is 11.8 Å². The molecule has 3 aromatic heterocycles. The average Bonchev–Trinajstić information content (AvgIpc) is 3.23. The van der Waals surface area contributed by atoms with Crippen LogP contribution in [0.25, 0.3) is 21.1 Å². The smallest absolute Gasteiger partial charge is 0.271 e. The molecule has 0 fully saturated rings. The Hall–Kier alpha value is -2.64. The molecular weight excluding hydrogens is 360 g/mol. The molecule has 25 heavy (non-hydrogen) atoms. The predicted molar refractivity (Wildman–Crippen MR) is 99.5 cm³/mol. The molecule has 0 aliphatic carbocycles. The second kappa shape index (κ2) is 6.34. The number of nitrogens with one attached hydrogen (secondary N) is 2. The third-order valence-corrected chi connectivity index (χ3v) is 5.03. The molecule has 0 saturated carbocycles. The van der Waals surface area contributed by atoms with Crippen LogP contribution in [0.4, 0.5) is 0 Å². The SMILES string of the molecule is O=C(NCCn1cnc2ccsc2c1=O)c1cc2cc(Cl)ccc2[nH]1. The van der Waals surface area contributed by atoms with E-state index in [0.29, 0.717) is 34.0 Å². The average molecular weight is 373 g/mol. The second-order valence-electron chi connectivity index (χ2n) is 5.55. The van der Waals surface area contributed by atoms with Crippen molar-refractivity contribution in [3.05, 3.63) is 63.1 Å². The van der Waals surface area contributed by atoms with Crippen molar-refractivity contribution in [2.75, 3.05) is 6.54 Å². The van der Waals surface area contributed by atoms with Crippen molar-refractivity contribution >= 4 is 50.0 Å². The summed E-state index contributed by atoms with van der Waals surface area (Å²) in [5.41, 5.74) is 1.91. The predicted octanol–water partition coefficient (Wildman–Crippen LogP) is 3.02. The van der Waals surface area contributed by atoms with Crippen molar-refractivity contribution in [1.29, 1.82) is 0 Å². The fourth-order valence-corrected chi connectivity index (χ4v) is 3.62. The van der Waals surface area contributed by atoms with E-state index in [0.717, 1.165) is 10.9 Å². The van der Waals surface area contributed by atoms with Crippen LogP contribution >= 0.6 is 22.9 Å². The number of aromatic nitrogens is 3. The van der Waals surface area contributed by atoms with Crippen molar-refractivity contribution in [2.45, 2.75) is 6.54 Å². The lowest BCUT2D eigenvalue weighted by molar-refractivity contribution is 0.0948. The molecule has 6 nitrogen and oxygen atoms in total. The van der Waals surface area contributed by atoms with Crippen molar-refractivity contribution in [3.63, 3.8) is 0 Å². The minimum absolute atomic E-state index is 0.0884. The number of carbonyl (C=O) groups is 1. The summed E-state index contributed by atoms with van der Waals surface area (Å²) < 4.78 is 2.13. The van der Waals surface area contributed by atoms with Crippen molar-refractivity contribution in [3.8, 4) is 0 Å². The maximum atomic E-state index is 12.3. The molecule has 0 spiro atoms. The Morgan fingerprint density at radius 3 is 3.08 bits per heavy atom. The molecule has 0 unspecified atom stereocenters. The zero-order valence-corrected chi connectivity index (χ0v) is 14.5. The van der Waals surface area contributed by atoms with Gasteiger partial charge in [0.2, 0.25) is 0 Å². The highest BCUT2D eigenvalue weighted by atomic mass is 35.5. The van der Waals surface area contributed by atoms with Gasteiger partial charge in [-0.25, -0.2) is 4.98 Å². The van der Waals surface area contributed by atoms with E-state index in [1.54, 1.807) is 18.2 Å². The molecule has 1 aromatic carbocycles. The van der Waals surface area contributed by atoms with E-state index < -0.39 is 0 Å². The van der Waals surface area contributed by atoms with Gasteiger partial charge in [-0.15, -0.1) is 11.3 Å². The van der Waals surface area contributed by atoms with Crippen LogP contribution < -0.4 is 10.9 Å². The number of hydrogen-bond acceptors (Lipinski definition) is 4. The van der Waals surface area contributed by atoms with E-state index in [4.69, 9.17) is 11.6 Å². The first kappa shape index (κ1) is 15.9. The fraction of sp³-hybridized carbons (Fsp3) is 0.118. The molecule has 0 saturated heterocycles. The van der Waals surface area contributed by atoms with Crippen molar-refractivity contribution in [1.82, 2.24) is 19.9 Å². The number of aromatic amines is 1. The highest BCUT2D eigenvalue weighted by Gasteiger charge is 2.10. The maximum absolute atomic E-state index is 12.3. The van der Waals surface area contributed by atoms with Crippen molar-refractivity contribution < 1.29 is 4.79 Å². The summed E-state index contributed by atoms with van der Waals surface area (Å²) in [6, 6.07) is 8.96. The molecule has 0 aliphatic rings. The molecule has 0 atom stereocenters. The lowest BCUT2D eigenvalue weighted by Gasteiger charge is -2.06. The highest BCUT2D eigenvalue weighted by molar-refractivity contribution is 7.17. The normalized spacial score (nSPS) is 11.2. The van der Waals surface area contributed by atoms with E-state index >= 15 is 0 Å². The Bertz CT molecular complexity index is 1140. The van der Waals surface area contributed by atoms with Gasteiger partial charge < -0.3 is 10.3 Å². The number of carbonyl (C=O) groups excluding carboxylic acids is 1. The van der Waals surface area contributed by atoms with Crippen LogP contribution in [0.5, 0.6) is 0 Å². The van der Waals surface area contributed by atoms with Gasteiger partial charge in [-0.2, -0.15) is 0 Å². The fourth-order valence-electron chi connectivity index (χ4n) is 2.65. The summed E-state index contributed by atoms with van der Waals surface area (Å²) in [5, 5.41) is 6.14. The van der Waals surface area contributed by atoms with Gasteiger partial charge in [-0.3, -0.25) is 14.2 Å². The Kier molecular flexibility index (Phi) is 4.03. The molecule has 0 radical (unpaired) electrons. The van der Waals surface area contributed by atoms with Crippen LogP contribution in [-0.4, -0.2) is 27.0 Å². The largest absolute Gasteiger partial charge is 0.351 e. The van der Waals surface area contributed by atoms with Gasteiger partial charge in [0.1, 0.15) is 10.4 Å². The van der Waals surface area contributed by atoms with Gasteiger partial charge in [-0.05, 0) is 35.7 Å². The van der Waals surface area contributed by atoms with Gasteiger partial charge in [0.25, 0.3) is 11.5 Å². The number of halogens is 1. The summed E-state index contributed by atoms with van der Waals surface area (Å²) >= 11 is 7.32. The third kappa shape index (κ3) is 3.04. The minimum Gasteiger partial charge on any atom is -0.351 e. The highest BCUT2D eigenvalue weighted by Crippen LogP contribution is 2.20. The first-order valence-corrected chi connectivity index (χ1v) is 8.87. The topological polar surface area (TPSA) is 79.8 Å². The third-order valence-electron chi connectivity index (χ3n) is 3.90. The van der Waals surface area contributed by atoms with Crippen LogP contribution in [-0.2, 0) is 6.54 Å². The molecule has 2 N–H and O–H groups in total. The van der Waals surface area contributed by atoms with Gasteiger partial charge in [-0.1, -0.05) is 11.6 Å². The lowest BCUT2D eigenvalue weighted by Crippen LogP contribution is -2.30. The first-order chi connectivity index (χ1) is 12.1. The van der Waals surface area contributed by atoms with E-state index in [-0.39, 0.29) is 11.5 Å². The standard InChI is InChI=1S/C17H13ClN4O2S/c18-11-1-2-12-10(7-11)8-14(21-12)16(23)19-4-5-22-9-20-13-3-6-25-15(13)17(22)24/h1-3,6-9,21H,4-5H2,(H,19,23). The Labute approximate surface area is 151 Å². The molecule has 8 heteroatoms. The minimum atomic E-state index is -0.231. The Morgan fingerprint density at radius 1 is 1.32 bits per heavy atom. The second-order valence-corrected chi connectivity index (χ2v) is 6.90. The maximum Gasteiger partial charge on any atom is 0.271 e. The summed E-state index contributed by atoms with van der Waals surface area (Å²) in [6.07, 6.45) is 1.51. The van der Waals surface area contributed by atoms with E-state index in [9.17, 15) is 9.59 Å². The number of benzene rings is 1. The summed E-state index contributed by atoms with van der Waals surface area (Å²) in [5.74, 6) is -0.231. The van der Waals surface area contributed by atoms with E-state index in [1.807, 2.05) is 17.5 Å². The molecule has 4 rings (SSSR count). The number of thiophene rings is 1. The molecule has 4 aromatic rings. The molecule has 0 aliphatic heterocycles. The van der Waals surface area contributed by atoms with Gasteiger partial charge in [0.15, 0.2) is 0 Å². The van der Waals surface area contributed by atoms with Crippen LogP contribution in [0.3, 0.4) is 0 Å². The van der Waals surface area contributed by atoms with Gasteiger partial charge >= 0.3 is 0 Å². The molecular formula is C17H13ClN4O2S.